The number of nitrogens with zero attached hydrogens (tertiary/aromatic N) is 4. The van der Waals surface area contributed by atoms with E-state index in [2.05, 4.69) is 16.6 Å². The first-order chi connectivity index (χ1) is 10.7. The molecule has 0 heterocycles. The van der Waals surface area contributed by atoms with Crippen LogP contribution in [0.1, 0.15) is 6.42 Å². The lowest BCUT2D eigenvalue weighted by Gasteiger charge is -2.23. The maximum absolute atomic E-state index is 12.6. The first-order valence-corrected chi connectivity index (χ1v) is 6.83. The van der Waals surface area contributed by atoms with Crippen molar-refractivity contribution in [2.75, 3.05) is 11.4 Å². The van der Waals surface area contributed by atoms with Crippen LogP contribution in [0.25, 0.3) is 10.4 Å². The lowest BCUT2D eigenvalue weighted by atomic mass is 10.1. The number of hydrogen-bond acceptors (Lipinski definition) is 2. The number of benzene rings is 2. The zero-order valence-electron chi connectivity index (χ0n) is 12.1. The SMILES string of the molecule is C=C(CN=[N+]=[N-])CC(=O)N(c1ccccc1)c1ccccc1. The number of rotatable bonds is 6. The average Bonchev–Trinajstić information content (AvgIpc) is 2.55. The molecule has 0 unspecified atom stereocenters. The van der Waals surface area contributed by atoms with Crippen molar-refractivity contribution in [1.29, 1.82) is 0 Å². The molecule has 0 bridgehead atoms. The van der Waals surface area contributed by atoms with Crippen molar-refractivity contribution < 1.29 is 4.79 Å². The van der Waals surface area contributed by atoms with Crippen LogP contribution in [0.15, 0.2) is 77.9 Å². The lowest BCUT2D eigenvalue weighted by molar-refractivity contribution is -0.117. The summed E-state index contributed by atoms with van der Waals surface area (Å²) in [5, 5.41) is 3.44. The number of carbonyl (C=O) groups excluding carboxylic acids is 1. The van der Waals surface area contributed by atoms with Gasteiger partial charge in [0.15, 0.2) is 0 Å². The minimum absolute atomic E-state index is 0.115. The Morgan fingerprint density at radius 1 is 1.05 bits per heavy atom. The predicted molar refractivity (Wildman–Crippen MR) is 87.8 cm³/mol. The molecule has 0 atom stereocenters. The van der Waals surface area contributed by atoms with Gasteiger partial charge in [-0.1, -0.05) is 53.7 Å². The molecule has 5 nitrogen and oxygen atoms in total. The molecule has 0 saturated carbocycles. The van der Waals surface area contributed by atoms with Crippen molar-refractivity contribution in [2.45, 2.75) is 6.42 Å². The van der Waals surface area contributed by atoms with Crippen LogP contribution in [0.3, 0.4) is 0 Å². The van der Waals surface area contributed by atoms with E-state index in [-0.39, 0.29) is 18.9 Å². The summed E-state index contributed by atoms with van der Waals surface area (Å²) in [6.45, 7) is 3.91. The standard InChI is InChI=1S/C17H16N4O/c1-14(13-19-20-18)12-17(22)21(15-8-4-2-5-9-15)16-10-6-3-7-11-16/h2-11H,1,12-13H2. The van der Waals surface area contributed by atoms with Crippen LogP contribution in [-0.4, -0.2) is 12.5 Å². The van der Waals surface area contributed by atoms with Gasteiger partial charge in [0, 0.05) is 29.3 Å². The van der Waals surface area contributed by atoms with Gasteiger partial charge >= 0.3 is 0 Å². The minimum Gasteiger partial charge on any atom is -0.281 e. The number of azide groups is 1. The summed E-state index contributed by atoms with van der Waals surface area (Å²) < 4.78 is 0. The monoisotopic (exact) mass is 292 g/mol. The van der Waals surface area contributed by atoms with E-state index in [9.17, 15) is 4.79 Å². The van der Waals surface area contributed by atoms with E-state index in [4.69, 9.17) is 5.53 Å². The largest absolute Gasteiger partial charge is 0.281 e. The molecule has 0 aliphatic carbocycles. The third-order valence-corrected chi connectivity index (χ3v) is 3.04. The fourth-order valence-electron chi connectivity index (χ4n) is 2.07. The van der Waals surface area contributed by atoms with Crippen molar-refractivity contribution in [3.8, 4) is 0 Å². The Kier molecular flexibility index (Phi) is 5.35. The molecule has 0 aliphatic rings. The summed E-state index contributed by atoms with van der Waals surface area (Å²) in [5.74, 6) is -0.115. The van der Waals surface area contributed by atoms with Gasteiger partial charge in [0.2, 0.25) is 5.91 Å². The summed E-state index contributed by atoms with van der Waals surface area (Å²) >= 11 is 0. The zero-order chi connectivity index (χ0) is 15.8. The van der Waals surface area contributed by atoms with Gasteiger partial charge in [0.1, 0.15) is 0 Å². The topological polar surface area (TPSA) is 69.1 Å². The maximum Gasteiger partial charge on any atom is 0.235 e. The fourth-order valence-corrected chi connectivity index (χ4v) is 2.07. The number of amides is 1. The van der Waals surface area contributed by atoms with E-state index < -0.39 is 0 Å². The summed E-state index contributed by atoms with van der Waals surface area (Å²) in [7, 11) is 0. The van der Waals surface area contributed by atoms with Gasteiger partial charge in [0.05, 0.1) is 0 Å². The maximum atomic E-state index is 12.6. The molecule has 0 radical (unpaired) electrons. The Balaban J connectivity index is 2.27. The van der Waals surface area contributed by atoms with Crippen LogP contribution in [0.5, 0.6) is 0 Å². The van der Waals surface area contributed by atoms with Crippen molar-refractivity contribution in [2.24, 2.45) is 5.11 Å². The molecule has 2 aromatic rings. The molecular weight excluding hydrogens is 276 g/mol. The molecule has 0 aromatic heterocycles. The Hall–Kier alpha value is -3.04. The highest BCUT2D eigenvalue weighted by Crippen LogP contribution is 2.26. The van der Waals surface area contributed by atoms with Gasteiger partial charge in [-0.25, -0.2) is 0 Å². The van der Waals surface area contributed by atoms with Crippen LogP contribution in [0.2, 0.25) is 0 Å². The molecule has 1 amide bonds. The summed E-state index contributed by atoms with van der Waals surface area (Å²) in [5.41, 5.74) is 10.5. The van der Waals surface area contributed by atoms with Gasteiger partial charge in [-0.3, -0.25) is 9.69 Å². The van der Waals surface area contributed by atoms with Crippen LogP contribution in [-0.2, 0) is 4.79 Å². The molecule has 0 N–H and O–H groups in total. The Bertz CT molecular complexity index is 652. The molecule has 0 aliphatic heterocycles. The molecule has 0 fully saturated rings. The zero-order valence-corrected chi connectivity index (χ0v) is 12.1. The Morgan fingerprint density at radius 3 is 2.00 bits per heavy atom. The van der Waals surface area contributed by atoms with Crippen molar-refractivity contribution in [1.82, 2.24) is 0 Å². The Morgan fingerprint density at radius 2 is 1.55 bits per heavy atom. The normalized spacial score (nSPS) is 9.64. The first-order valence-electron chi connectivity index (χ1n) is 6.83. The van der Waals surface area contributed by atoms with E-state index in [0.29, 0.717) is 5.57 Å². The van der Waals surface area contributed by atoms with E-state index in [0.717, 1.165) is 11.4 Å². The van der Waals surface area contributed by atoms with Gasteiger partial charge in [0.25, 0.3) is 0 Å². The number of hydrogen-bond donors (Lipinski definition) is 0. The number of carbonyl (C=O) groups is 1. The summed E-state index contributed by atoms with van der Waals surface area (Å²) in [6.07, 6.45) is 0.128. The van der Waals surface area contributed by atoms with Gasteiger partial charge < -0.3 is 0 Å². The van der Waals surface area contributed by atoms with Crippen LogP contribution < -0.4 is 4.90 Å². The second-order valence-electron chi connectivity index (χ2n) is 4.72. The number of para-hydroxylation sites is 2. The van der Waals surface area contributed by atoms with E-state index >= 15 is 0 Å². The molecule has 5 heteroatoms. The highest BCUT2D eigenvalue weighted by Gasteiger charge is 2.18. The second kappa shape index (κ2) is 7.67. The molecule has 0 spiro atoms. The van der Waals surface area contributed by atoms with E-state index in [1.807, 2.05) is 60.7 Å². The first kappa shape index (κ1) is 15.4. The lowest BCUT2D eigenvalue weighted by Crippen LogP contribution is -2.26. The van der Waals surface area contributed by atoms with Gasteiger partial charge in [-0.15, -0.1) is 0 Å². The van der Waals surface area contributed by atoms with Crippen LogP contribution in [0.4, 0.5) is 11.4 Å². The van der Waals surface area contributed by atoms with Crippen LogP contribution >= 0.6 is 0 Å². The van der Waals surface area contributed by atoms with E-state index in [1.165, 1.54) is 0 Å². The van der Waals surface area contributed by atoms with Gasteiger partial charge in [-0.05, 0) is 29.8 Å². The number of anilines is 2. The third-order valence-electron chi connectivity index (χ3n) is 3.04. The minimum atomic E-state index is -0.115. The fraction of sp³-hybridized carbons (Fsp3) is 0.118. The molecule has 2 rings (SSSR count). The summed E-state index contributed by atoms with van der Waals surface area (Å²) in [4.78, 5) is 17.0. The molecule has 0 saturated heterocycles. The van der Waals surface area contributed by atoms with Gasteiger partial charge in [-0.2, -0.15) is 0 Å². The molecule has 110 valence electrons. The molecule has 22 heavy (non-hydrogen) atoms. The van der Waals surface area contributed by atoms with Crippen LogP contribution in [0, 0.1) is 0 Å². The third kappa shape index (κ3) is 3.98. The second-order valence-corrected chi connectivity index (χ2v) is 4.72. The molecule has 2 aromatic carbocycles. The summed E-state index contributed by atoms with van der Waals surface area (Å²) in [6, 6.07) is 18.8. The van der Waals surface area contributed by atoms with Crippen molar-refractivity contribution in [3.05, 3.63) is 83.3 Å². The molecular formula is C17H16N4O. The predicted octanol–water partition coefficient (Wildman–Crippen LogP) is 4.61. The highest BCUT2D eigenvalue weighted by atomic mass is 16.2. The quantitative estimate of drug-likeness (QED) is 0.332. The van der Waals surface area contributed by atoms with Crippen molar-refractivity contribution >= 4 is 17.3 Å². The average molecular weight is 292 g/mol. The van der Waals surface area contributed by atoms with Crippen molar-refractivity contribution in [3.63, 3.8) is 0 Å². The smallest absolute Gasteiger partial charge is 0.235 e. The highest BCUT2D eigenvalue weighted by molar-refractivity contribution is 6.01. The van der Waals surface area contributed by atoms with E-state index in [1.54, 1.807) is 4.90 Å². The Labute approximate surface area is 129 Å².